The molecule has 0 spiro atoms. The minimum Gasteiger partial charge on any atom is -1.00 e. The number of para-hydroxylation sites is 1. The summed E-state index contributed by atoms with van der Waals surface area (Å²) < 4.78 is 5.27. The SMILES string of the molecule is COOC(=O)C(C)Oc1ccccc1.[H-].[Na+]. The molecule has 0 saturated carbocycles. The number of hydrogen-bond donors (Lipinski definition) is 0. The van der Waals surface area contributed by atoms with E-state index in [1.807, 2.05) is 18.2 Å². The van der Waals surface area contributed by atoms with Crippen molar-refractivity contribution >= 4 is 5.97 Å². The van der Waals surface area contributed by atoms with Crippen LogP contribution in [0.4, 0.5) is 0 Å². The van der Waals surface area contributed by atoms with E-state index in [0.717, 1.165) is 0 Å². The van der Waals surface area contributed by atoms with Crippen LogP contribution in [0.1, 0.15) is 8.35 Å². The first-order valence-corrected chi connectivity index (χ1v) is 4.20. The summed E-state index contributed by atoms with van der Waals surface area (Å²) in [6.45, 7) is 1.59. The van der Waals surface area contributed by atoms with Crippen LogP contribution in [-0.2, 0) is 14.6 Å². The smallest absolute Gasteiger partial charge is 1.00 e. The average Bonchev–Trinajstić information content (AvgIpc) is 2.19. The van der Waals surface area contributed by atoms with Gasteiger partial charge in [0.05, 0.1) is 7.11 Å². The molecule has 5 heteroatoms. The maximum Gasteiger partial charge on any atom is 1.00 e. The fraction of sp³-hybridized carbons (Fsp3) is 0.300. The summed E-state index contributed by atoms with van der Waals surface area (Å²) in [5, 5.41) is 0. The van der Waals surface area contributed by atoms with Crippen LogP contribution in [0.15, 0.2) is 30.3 Å². The number of ether oxygens (including phenoxy) is 1. The van der Waals surface area contributed by atoms with Gasteiger partial charge in [0.2, 0.25) is 0 Å². The van der Waals surface area contributed by atoms with Gasteiger partial charge in [-0.3, -0.25) is 4.89 Å². The first-order chi connectivity index (χ1) is 6.74. The summed E-state index contributed by atoms with van der Waals surface area (Å²) in [6.07, 6.45) is -0.683. The van der Waals surface area contributed by atoms with Gasteiger partial charge in [0.25, 0.3) is 0 Å². The molecule has 1 aromatic carbocycles. The number of carbonyl (C=O) groups excluding carboxylic acids is 1. The predicted octanol–water partition coefficient (Wildman–Crippen LogP) is -1.32. The van der Waals surface area contributed by atoms with Crippen LogP contribution in [0.3, 0.4) is 0 Å². The summed E-state index contributed by atoms with van der Waals surface area (Å²) in [5.74, 6) is 0.0596. The summed E-state index contributed by atoms with van der Waals surface area (Å²) in [6, 6.07) is 9.03. The van der Waals surface area contributed by atoms with Crippen molar-refractivity contribution in [3.63, 3.8) is 0 Å². The number of benzene rings is 1. The molecular weight excluding hydrogens is 207 g/mol. The molecule has 0 amide bonds. The van der Waals surface area contributed by atoms with Crippen molar-refractivity contribution in [1.29, 1.82) is 0 Å². The van der Waals surface area contributed by atoms with E-state index in [0.29, 0.717) is 5.75 Å². The van der Waals surface area contributed by atoms with E-state index in [1.54, 1.807) is 19.1 Å². The Morgan fingerprint density at radius 2 is 1.93 bits per heavy atom. The monoisotopic (exact) mass is 220 g/mol. The fourth-order valence-corrected chi connectivity index (χ4v) is 0.901. The number of hydrogen-bond acceptors (Lipinski definition) is 4. The fourth-order valence-electron chi connectivity index (χ4n) is 0.901. The van der Waals surface area contributed by atoms with Crippen molar-refractivity contribution in [3.8, 4) is 5.75 Å². The van der Waals surface area contributed by atoms with Crippen molar-refractivity contribution in [3.05, 3.63) is 30.3 Å². The van der Waals surface area contributed by atoms with Crippen LogP contribution in [0, 0.1) is 0 Å². The molecular formula is C10H13NaO4. The standard InChI is InChI=1S/C10H12O4.Na.H/c1-8(10(11)14-12-2)13-9-6-4-3-5-7-9;;/h3-8H,1-2H3;;/q;+1;-1. The van der Waals surface area contributed by atoms with Crippen LogP contribution in [0.2, 0.25) is 0 Å². The van der Waals surface area contributed by atoms with Crippen molar-refractivity contribution in [1.82, 2.24) is 0 Å². The number of carbonyl (C=O) groups is 1. The van der Waals surface area contributed by atoms with E-state index in [1.165, 1.54) is 7.11 Å². The zero-order valence-corrected chi connectivity index (χ0v) is 11.1. The third-order valence-electron chi connectivity index (χ3n) is 1.55. The van der Waals surface area contributed by atoms with E-state index >= 15 is 0 Å². The van der Waals surface area contributed by atoms with Crippen LogP contribution in [0.5, 0.6) is 5.75 Å². The minimum absolute atomic E-state index is 0. The first-order valence-electron chi connectivity index (χ1n) is 4.20. The van der Waals surface area contributed by atoms with Crippen molar-refractivity contribution in [2.75, 3.05) is 7.11 Å². The summed E-state index contributed by atoms with van der Waals surface area (Å²) in [5.41, 5.74) is 0. The van der Waals surface area contributed by atoms with E-state index in [9.17, 15) is 4.79 Å². The Labute approximate surface area is 112 Å². The molecule has 0 aliphatic heterocycles. The molecule has 1 unspecified atom stereocenters. The third-order valence-corrected chi connectivity index (χ3v) is 1.55. The quantitative estimate of drug-likeness (QED) is 0.358. The molecule has 0 N–H and O–H groups in total. The normalized spacial score (nSPS) is 11.1. The second-order valence-corrected chi connectivity index (χ2v) is 2.64. The Morgan fingerprint density at radius 3 is 2.47 bits per heavy atom. The molecule has 1 rings (SSSR count). The van der Waals surface area contributed by atoms with Crippen molar-refractivity contribution in [2.24, 2.45) is 0 Å². The first kappa shape index (κ1) is 14.5. The van der Waals surface area contributed by atoms with Crippen molar-refractivity contribution in [2.45, 2.75) is 13.0 Å². The van der Waals surface area contributed by atoms with Crippen LogP contribution < -0.4 is 34.3 Å². The molecule has 0 heterocycles. The van der Waals surface area contributed by atoms with Gasteiger partial charge in [-0.05, 0) is 19.1 Å². The third kappa shape index (κ3) is 5.18. The molecule has 0 radical (unpaired) electrons. The molecule has 1 atom stereocenters. The van der Waals surface area contributed by atoms with Gasteiger partial charge >= 0.3 is 35.5 Å². The summed E-state index contributed by atoms with van der Waals surface area (Å²) in [4.78, 5) is 19.6. The molecule has 78 valence electrons. The predicted molar refractivity (Wildman–Crippen MR) is 50.7 cm³/mol. The molecule has 1 aromatic rings. The zero-order chi connectivity index (χ0) is 10.4. The van der Waals surface area contributed by atoms with Crippen LogP contribution in [-0.4, -0.2) is 19.2 Å². The maximum atomic E-state index is 11.1. The average molecular weight is 220 g/mol. The molecule has 0 bridgehead atoms. The van der Waals surface area contributed by atoms with Gasteiger partial charge in [0.1, 0.15) is 5.75 Å². The summed E-state index contributed by atoms with van der Waals surface area (Å²) >= 11 is 0. The molecule has 0 aliphatic carbocycles. The van der Waals surface area contributed by atoms with Gasteiger partial charge < -0.3 is 6.16 Å². The second-order valence-electron chi connectivity index (χ2n) is 2.64. The number of rotatable bonds is 4. The summed E-state index contributed by atoms with van der Waals surface area (Å²) in [7, 11) is 1.27. The van der Waals surface area contributed by atoms with E-state index in [2.05, 4.69) is 9.78 Å². The van der Waals surface area contributed by atoms with E-state index in [-0.39, 0.29) is 31.0 Å². The van der Waals surface area contributed by atoms with Crippen LogP contribution in [0.25, 0.3) is 0 Å². The molecule has 0 fully saturated rings. The van der Waals surface area contributed by atoms with Gasteiger partial charge in [0.15, 0.2) is 6.10 Å². The Kier molecular flexibility index (Phi) is 7.42. The largest absolute Gasteiger partial charge is 1.00 e. The van der Waals surface area contributed by atoms with Gasteiger partial charge in [-0.2, -0.15) is 4.89 Å². The Balaban J connectivity index is 0. The van der Waals surface area contributed by atoms with E-state index in [4.69, 9.17) is 4.74 Å². The Hall–Kier alpha value is -0.550. The van der Waals surface area contributed by atoms with Gasteiger partial charge in [-0.25, -0.2) is 4.79 Å². The van der Waals surface area contributed by atoms with Gasteiger partial charge in [-0.1, -0.05) is 18.2 Å². The molecule has 15 heavy (non-hydrogen) atoms. The van der Waals surface area contributed by atoms with Crippen LogP contribution >= 0.6 is 0 Å². The molecule has 0 aliphatic rings. The molecule has 0 aromatic heterocycles. The zero-order valence-electron chi connectivity index (χ0n) is 10.1. The minimum atomic E-state index is -0.683. The second kappa shape index (κ2) is 7.70. The van der Waals surface area contributed by atoms with Crippen molar-refractivity contribution < 1.29 is 50.3 Å². The van der Waals surface area contributed by atoms with Gasteiger partial charge in [-0.15, -0.1) is 0 Å². The molecule has 0 saturated heterocycles. The Morgan fingerprint density at radius 1 is 1.33 bits per heavy atom. The maximum absolute atomic E-state index is 11.1. The Bertz CT molecular complexity index is 294. The van der Waals surface area contributed by atoms with E-state index < -0.39 is 12.1 Å². The van der Waals surface area contributed by atoms with Gasteiger partial charge in [0, 0.05) is 0 Å². The molecule has 4 nitrogen and oxygen atoms in total. The topological polar surface area (TPSA) is 44.8 Å².